The number of carbonyl (C=O) groups is 1. The van der Waals surface area contributed by atoms with Gasteiger partial charge in [0, 0.05) is 18.2 Å². The predicted molar refractivity (Wildman–Crippen MR) is 113 cm³/mol. The van der Waals surface area contributed by atoms with Gasteiger partial charge in [-0.15, -0.1) is 0 Å². The summed E-state index contributed by atoms with van der Waals surface area (Å²) >= 11 is 0. The Morgan fingerprint density at radius 1 is 1.13 bits per heavy atom. The van der Waals surface area contributed by atoms with Gasteiger partial charge in [0.05, 0.1) is 11.5 Å². The van der Waals surface area contributed by atoms with Crippen molar-refractivity contribution in [1.82, 2.24) is 14.7 Å². The van der Waals surface area contributed by atoms with Gasteiger partial charge in [-0.1, -0.05) is 24.3 Å². The molecular weight excluding hydrogens is 399 g/mol. The molecule has 0 bridgehead atoms. The van der Waals surface area contributed by atoms with Crippen LogP contribution in [0.2, 0.25) is 0 Å². The first-order chi connectivity index (χ1) is 14.8. The Labute approximate surface area is 179 Å². The highest BCUT2D eigenvalue weighted by Crippen LogP contribution is 2.30. The van der Waals surface area contributed by atoms with E-state index in [1.807, 2.05) is 17.0 Å². The number of aromatic nitrogens is 2. The van der Waals surface area contributed by atoms with E-state index >= 15 is 0 Å². The standard InChI is InChI=1S/C23H23FN4O3/c1-15-22(28(30)31)16(2)27(25-15)14-18-3-7-19(8-4-18)23(29)26(21-11-12-21)13-17-5-9-20(24)10-6-17/h3-10,21H,11-14H2,1-2H3. The van der Waals surface area contributed by atoms with E-state index in [-0.39, 0.29) is 23.5 Å². The Morgan fingerprint density at radius 2 is 1.74 bits per heavy atom. The van der Waals surface area contributed by atoms with Crippen molar-refractivity contribution in [2.45, 2.75) is 45.8 Å². The number of hydrogen-bond donors (Lipinski definition) is 0. The van der Waals surface area contributed by atoms with Crippen LogP contribution in [-0.2, 0) is 13.1 Å². The van der Waals surface area contributed by atoms with E-state index < -0.39 is 4.92 Å². The molecule has 160 valence electrons. The highest BCUT2D eigenvalue weighted by Gasteiger charge is 2.33. The van der Waals surface area contributed by atoms with Crippen LogP contribution in [0.1, 0.15) is 45.7 Å². The SMILES string of the molecule is Cc1nn(Cc2ccc(C(=O)N(Cc3ccc(F)cc3)C3CC3)cc2)c(C)c1[N+](=O)[O-]. The number of aryl methyl sites for hydroxylation is 1. The van der Waals surface area contributed by atoms with Gasteiger partial charge in [0.15, 0.2) is 0 Å². The van der Waals surface area contributed by atoms with E-state index in [2.05, 4.69) is 5.10 Å². The van der Waals surface area contributed by atoms with E-state index in [9.17, 15) is 19.3 Å². The van der Waals surface area contributed by atoms with Gasteiger partial charge in [-0.2, -0.15) is 5.10 Å². The molecule has 1 amide bonds. The second kappa shape index (κ2) is 8.29. The van der Waals surface area contributed by atoms with Crippen molar-refractivity contribution in [3.8, 4) is 0 Å². The number of hydrogen-bond acceptors (Lipinski definition) is 4. The minimum atomic E-state index is -0.413. The van der Waals surface area contributed by atoms with Crippen molar-refractivity contribution in [3.05, 3.63) is 92.5 Å². The van der Waals surface area contributed by atoms with Crippen LogP contribution in [0.4, 0.5) is 10.1 Å². The maximum atomic E-state index is 13.2. The quantitative estimate of drug-likeness (QED) is 0.417. The average molecular weight is 422 g/mol. The van der Waals surface area contributed by atoms with E-state index in [1.165, 1.54) is 12.1 Å². The van der Waals surface area contributed by atoms with Crippen molar-refractivity contribution in [2.24, 2.45) is 0 Å². The maximum Gasteiger partial charge on any atom is 0.312 e. The first kappa shape index (κ1) is 20.7. The predicted octanol–water partition coefficient (Wildman–Crippen LogP) is 4.40. The van der Waals surface area contributed by atoms with Crippen molar-refractivity contribution in [1.29, 1.82) is 0 Å². The molecule has 1 aliphatic carbocycles. The summed E-state index contributed by atoms with van der Waals surface area (Å²) in [6, 6.07) is 13.7. The molecule has 0 atom stereocenters. The normalized spacial score (nSPS) is 13.3. The topological polar surface area (TPSA) is 81.3 Å². The molecule has 1 aliphatic rings. The molecule has 8 heteroatoms. The zero-order chi connectivity index (χ0) is 22.1. The lowest BCUT2D eigenvalue weighted by Gasteiger charge is -2.23. The minimum Gasteiger partial charge on any atom is -0.331 e. The highest BCUT2D eigenvalue weighted by molar-refractivity contribution is 5.94. The van der Waals surface area contributed by atoms with Gasteiger partial charge >= 0.3 is 5.69 Å². The molecule has 1 heterocycles. The third kappa shape index (κ3) is 4.47. The van der Waals surface area contributed by atoms with Crippen LogP contribution in [0.25, 0.3) is 0 Å². The van der Waals surface area contributed by atoms with Crippen LogP contribution in [-0.4, -0.2) is 31.6 Å². The summed E-state index contributed by atoms with van der Waals surface area (Å²) in [6.45, 7) is 4.13. The fourth-order valence-electron chi connectivity index (χ4n) is 3.74. The lowest BCUT2D eigenvalue weighted by Crippen LogP contribution is -2.32. The lowest BCUT2D eigenvalue weighted by atomic mass is 10.1. The highest BCUT2D eigenvalue weighted by atomic mass is 19.1. The van der Waals surface area contributed by atoms with E-state index in [4.69, 9.17) is 0 Å². The number of benzene rings is 2. The number of amides is 1. The van der Waals surface area contributed by atoms with E-state index in [0.717, 1.165) is 24.0 Å². The molecule has 7 nitrogen and oxygen atoms in total. The van der Waals surface area contributed by atoms with Gasteiger partial charge in [-0.3, -0.25) is 19.6 Å². The second-order valence-electron chi connectivity index (χ2n) is 7.92. The molecule has 1 saturated carbocycles. The van der Waals surface area contributed by atoms with Gasteiger partial charge in [0.25, 0.3) is 5.91 Å². The summed E-state index contributed by atoms with van der Waals surface area (Å²) in [5.41, 5.74) is 3.29. The largest absolute Gasteiger partial charge is 0.331 e. The zero-order valence-corrected chi connectivity index (χ0v) is 17.4. The number of halogens is 1. The molecule has 4 rings (SSSR count). The first-order valence-corrected chi connectivity index (χ1v) is 10.2. The summed E-state index contributed by atoms with van der Waals surface area (Å²) in [4.78, 5) is 25.7. The zero-order valence-electron chi connectivity index (χ0n) is 17.4. The van der Waals surface area contributed by atoms with Crippen molar-refractivity contribution < 1.29 is 14.1 Å². The van der Waals surface area contributed by atoms with Crippen molar-refractivity contribution in [3.63, 3.8) is 0 Å². The molecule has 31 heavy (non-hydrogen) atoms. The average Bonchev–Trinajstić information content (AvgIpc) is 3.53. The van der Waals surface area contributed by atoms with E-state index in [0.29, 0.717) is 30.0 Å². The molecule has 1 aromatic heterocycles. The molecule has 0 aliphatic heterocycles. The molecule has 1 fully saturated rings. The van der Waals surface area contributed by atoms with Crippen LogP contribution in [0.15, 0.2) is 48.5 Å². The number of rotatable bonds is 7. The molecule has 0 N–H and O–H groups in total. The molecule has 2 aromatic carbocycles. The monoisotopic (exact) mass is 422 g/mol. The van der Waals surface area contributed by atoms with Crippen LogP contribution < -0.4 is 0 Å². The molecule has 0 unspecified atom stereocenters. The summed E-state index contributed by atoms with van der Waals surface area (Å²) < 4.78 is 14.8. The van der Waals surface area contributed by atoms with Gasteiger partial charge < -0.3 is 4.90 Å². The minimum absolute atomic E-state index is 0.0349. The first-order valence-electron chi connectivity index (χ1n) is 10.2. The van der Waals surface area contributed by atoms with Gasteiger partial charge in [-0.05, 0) is 62.1 Å². The Balaban J connectivity index is 1.49. The Hall–Kier alpha value is -3.55. The lowest BCUT2D eigenvalue weighted by molar-refractivity contribution is -0.386. The third-order valence-corrected chi connectivity index (χ3v) is 5.57. The summed E-state index contributed by atoms with van der Waals surface area (Å²) in [5.74, 6) is -0.350. The summed E-state index contributed by atoms with van der Waals surface area (Å²) in [7, 11) is 0. The molecule has 0 spiro atoms. The second-order valence-corrected chi connectivity index (χ2v) is 7.92. The van der Waals surface area contributed by atoms with Crippen molar-refractivity contribution >= 4 is 11.6 Å². The van der Waals surface area contributed by atoms with Crippen molar-refractivity contribution in [2.75, 3.05) is 0 Å². The summed E-state index contributed by atoms with van der Waals surface area (Å²) in [6.07, 6.45) is 1.95. The fourth-order valence-corrected chi connectivity index (χ4v) is 3.74. The Morgan fingerprint density at radius 3 is 2.29 bits per heavy atom. The molecule has 0 radical (unpaired) electrons. The van der Waals surface area contributed by atoms with Crippen LogP contribution in [0, 0.1) is 29.8 Å². The Bertz CT molecular complexity index is 1120. The van der Waals surface area contributed by atoms with Crippen LogP contribution >= 0.6 is 0 Å². The molecule has 3 aromatic rings. The fraction of sp³-hybridized carbons (Fsp3) is 0.304. The maximum absolute atomic E-state index is 13.2. The van der Waals surface area contributed by atoms with Crippen LogP contribution in [0.5, 0.6) is 0 Å². The van der Waals surface area contributed by atoms with Gasteiger partial charge in [0.1, 0.15) is 17.2 Å². The smallest absolute Gasteiger partial charge is 0.312 e. The van der Waals surface area contributed by atoms with E-state index in [1.54, 1.807) is 42.8 Å². The number of carbonyl (C=O) groups excluding carboxylic acids is 1. The number of nitrogens with zero attached hydrogens (tertiary/aromatic N) is 4. The van der Waals surface area contributed by atoms with Gasteiger partial charge in [0.2, 0.25) is 0 Å². The van der Waals surface area contributed by atoms with Crippen LogP contribution in [0.3, 0.4) is 0 Å². The third-order valence-electron chi connectivity index (χ3n) is 5.57. The summed E-state index contributed by atoms with van der Waals surface area (Å²) in [5, 5.41) is 15.5. The Kier molecular flexibility index (Phi) is 5.54. The molecular formula is C23H23FN4O3. The molecule has 0 saturated heterocycles. The number of nitro groups is 1. The van der Waals surface area contributed by atoms with Gasteiger partial charge in [-0.25, -0.2) is 4.39 Å².